The van der Waals surface area contributed by atoms with Gasteiger partial charge in [0.25, 0.3) is 5.91 Å². The zero-order chi connectivity index (χ0) is 12.1. The third kappa shape index (κ3) is 2.73. The van der Waals surface area contributed by atoms with E-state index in [4.69, 9.17) is 10.5 Å². The highest BCUT2D eigenvalue weighted by Gasteiger charge is 2.18. The summed E-state index contributed by atoms with van der Waals surface area (Å²) in [4.78, 5) is 11.9. The number of aryl methyl sites for hydroxylation is 1. The van der Waals surface area contributed by atoms with Crippen molar-refractivity contribution in [2.75, 3.05) is 19.5 Å². The molecule has 1 rings (SSSR count). The van der Waals surface area contributed by atoms with Crippen LogP contribution in [-0.4, -0.2) is 35.9 Å². The van der Waals surface area contributed by atoms with E-state index in [2.05, 4.69) is 15.5 Å². The number of ether oxygens (including phenoxy) is 1. The summed E-state index contributed by atoms with van der Waals surface area (Å²) in [5.41, 5.74) is 6.68. The first-order chi connectivity index (χ1) is 7.60. The molecule has 1 atom stereocenters. The first-order valence-electron chi connectivity index (χ1n) is 5.20. The van der Waals surface area contributed by atoms with E-state index in [-0.39, 0.29) is 17.8 Å². The number of carbonyl (C=O) groups is 1. The number of H-pyrrole nitrogens is 1. The van der Waals surface area contributed by atoms with Gasteiger partial charge in [-0.05, 0) is 13.3 Å². The van der Waals surface area contributed by atoms with Crippen LogP contribution in [0, 0.1) is 6.92 Å². The Bertz CT molecular complexity index is 342. The Balaban J connectivity index is 2.71. The number of nitrogens with one attached hydrogen (secondary N) is 2. The summed E-state index contributed by atoms with van der Waals surface area (Å²) in [5, 5.41) is 9.30. The normalized spacial score (nSPS) is 12.4. The lowest BCUT2D eigenvalue weighted by Gasteiger charge is -2.15. The van der Waals surface area contributed by atoms with Crippen LogP contribution in [0.4, 0.5) is 5.82 Å². The van der Waals surface area contributed by atoms with E-state index in [0.29, 0.717) is 17.9 Å². The minimum absolute atomic E-state index is 0.00815. The van der Waals surface area contributed by atoms with Gasteiger partial charge in [-0.25, -0.2) is 0 Å². The van der Waals surface area contributed by atoms with E-state index in [1.165, 1.54) is 0 Å². The van der Waals surface area contributed by atoms with Crippen molar-refractivity contribution in [1.82, 2.24) is 15.5 Å². The molecule has 0 aliphatic rings. The summed E-state index contributed by atoms with van der Waals surface area (Å²) in [6.07, 6.45) is 0.802. The third-order valence-corrected chi connectivity index (χ3v) is 2.40. The fraction of sp³-hybridized carbons (Fsp3) is 0.600. The molecule has 16 heavy (non-hydrogen) atoms. The topological polar surface area (TPSA) is 93.0 Å². The highest BCUT2D eigenvalue weighted by Crippen LogP contribution is 2.12. The van der Waals surface area contributed by atoms with Gasteiger partial charge in [-0.3, -0.25) is 9.89 Å². The number of aromatic nitrogens is 2. The fourth-order valence-corrected chi connectivity index (χ4v) is 1.45. The maximum atomic E-state index is 11.9. The zero-order valence-corrected chi connectivity index (χ0v) is 9.83. The Hall–Kier alpha value is -1.56. The second-order valence-corrected chi connectivity index (χ2v) is 3.64. The number of anilines is 1. The number of nitrogens with zero attached hydrogens (tertiary/aromatic N) is 1. The van der Waals surface area contributed by atoms with E-state index in [9.17, 15) is 4.79 Å². The molecule has 0 fully saturated rings. The smallest absolute Gasteiger partial charge is 0.257 e. The molecule has 0 aromatic carbocycles. The monoisotopic (exact) mass is 226 g/mol. The predicted molar refractivity (Wildman–Crippen MR) is 61.2 cm³/mol. The molecule has 0 aliphatic carbocycles. The molecule has 1 aromatic heterocycles. The summed E-state index contributed by atoms with van der Waals surface area (Å²) >= 11 is 0. The first kappa shape index (κ1) is 12.5. The van der Waals surface area contributed by atoms with Gasteiger partial charge in [-0.15, -0.1) is 0 Å². The number of amides is 1. The van der Waals surface area contributed by atoms with Crippen molar-refractivity contribution >= 4 is 11.7 Å². The number of hydrogen-bond donors (Lipinski definition) is 3. The first-order valence-corrected chi connectivity index (χ1v) is 5.20. The van der Waals surface area contributed by atoms with Gasteiger partial charge in [-0.2, -0.15) is 5.10 Å². The van der Waals surface area contributed by atoms with E-state index in [0.717, 1.165) is 6.42 Å². The van der Waals surface area contributed by atoms with Crippen LogP contribution in [0.3, 0.4) is 0 Å². The van der Waals surface area contributed by atoms with Crippen LogP contribution < -0.4 is 11.1 Å². The van der Waals surface area contributed by atoms with Crippen molar-refractivity contribution in [3.8, 4) is 0 Å². The van der Waals surface area contributed by atoms with Crippen molar-refractivity contribution in [1.29, 1.82) is 0 Å². The molecule has 0 aliphatic heterocycles. The summed E-state index contributed by atoms with van der Waals surface area (Å²) in [7, 11) is 1.60. The zero-order valence-electron chi connectivity index (χ0n) is 9.83. The lowest BCUT2D eigenvalue weighted by molar-refractivity contribution is 0.0895. The standard InChI is InChI=1S/C10H18N4O2/c1-4-7(5-16-3)12-10(15)8-6(2)13-14-9(8)11/h7H,4-5H2,1-3H3,(H,12,15)(H3,11,13,14). The van der Waals surface area contributed by atoms with E-state index in [1.807, 2.05) is 6.92 Å². The van der Waals surface area contributed by atoms with Crippen LogP contribution in [0.15, 0.2) is 0 Å². The molecule has 6 nitrogen and oxygen atoms in total. The summed E-state index contributed by atoms with van der Waals surface area (Å²) in [5.74, 6) is 0.00919. The van der Waals surface area contributed by atoms with Gasteiger partial charge in [0.15, 0.2) is 5.82 Å². The fourth-order valence-electron chi connectivity index (χ4n) is 1.45. The predicted octanol–water partition coefficient (Wildman–Crippen LogP) is 0.455. The third-order valence-electron chi connectivity index (χ3n) is 2.40. The van der Waals surface area contributed by atoms with Crippen LogP contribution >= 0.6 is 0 Å². The quantitative estimate of drug-likeness (QED) is 0.679. The maximum absolute atomic E-state index is 11.9. The number of hydrogen-bond acceptors (Lipinski definition) is 4. The number of nitrogen functional groups attached to an aromatic ring is 1. The van der Waals surface area contributed by atoms with Gasteiger partial charge in [0.1, 0.15) is 5.56 Å². The minimum atomic E-state index is -0.215. The molecule has 1 unspecified atom stereocenters. The molecular formula is C10H18N4O2. The number of aromatic amines is 1. The summed E-state index contributed by atoms with van der Waals surface area (Å²) in [6, 6.07) is -0.00815. The lowest BCUT2D eigenvalue weighted by Crippen LogP contribution is -2.37. The highest BCUT2D eigenvalue weighted by atomic mass is 16.5. The van der Waals surface area contributed by atoms with Gasteiger partial charge >= 0.3 is 0 Å². The lowest BCUT2D eigenvalue weighted by atomic mass is 10.2. The largest absolute Gasteiger partial charge is 0.383 e. The van der Waals surface area contributed by atoms with E-state index in [1.54, 1.807) is 14.0 Å². The Kier molecular flexibility index (Phi) is 4.30. The summed E-state index contributed by atoms with van der Waals surface area (Å²) < 4.78 is 5.00. The Labute approximate surface area is 94.5 Å². The molecule has 0 radical (unpaired) electrons. The van der Waals surface area contributed by atoms with Crippen molar-refractivity contribution < 1.29 is 9.53 Å². The molecule has 0 spiro atoms. The van der Waals surface area contributed by atoms with Gasteiger partial charge in [-0.1, -0.05) is 6.92 Å². The molecule has 1 aromatic rings. The van der Waals surface area contributed by atoms with Crippen LogP contribution in [0.25, 0.3) is 0 Å². The van der Waals surface area contributed by atoms with Gasteiger partial charge < -0.3 is 15.8 Å². The minimum Gasteiger partial charge on any atom is -0.383 e. The Morgan fingerprint density at radius 2 is 2.38 bits per heavy atom. The number of rotatable bonds is 5. The number of nitrogens with two attached hydrogens (primary N) is 1. The molecule has 1 heterocycles. The van der Waals surface area contributed by atoms with Gasteiger partial charge in [0.2, 0.25) is 0 Å². The highest BCUT2D eigenvalue weighted by molar-refractivity contribution is 5.99. The van der Waals surface area contributed by atoms with Crippen molar-refractivity contribution in [3.63, 3.8) is 0 Å². The van der Waals surface area contributed by atoms with Crippen molar-refractivity contribution in [3.05, 3.63) is 11.3 Å². The second-order valence-electron chi connectivity index (χ2n) is 3.64. The molecule has 90 valence electrons. The van der Waals surface area contributed by atoms with Gasteiger partial charge in [0.05, 0.1) is 12.6 Å². The number of methoxy groups -OCH3 is 1. The molecule has 4 N–H and O–H groups in total. The van der Waals surface area contributed by atoms with Crippen LogP contribution in [0.5, 0.6) is 0 Å². The van der Waals surface area contributed by atoms with Crippen LogP contribution in [0.2, 0.25) is 0 Å². The second kappa shape index (κ2) is 5.50. The Morgan fingerprint density at radius 1 is 1.69 bits per heavy atom. The van der Waals surface area contributed by atoms with Crippen LogP contribution in [-0.2, 0) is 4.74 Å². The van der Waals surface area contributed by atoms with Crippen molar-refractivity contribution in [2.45, 2.75) is 26.3 Å². The Morgan fingerprint density at radius 3 is 2.81 bits per heavy atom. The maximum Gasteiger partial charge on any atom is 0.257 e. The average Bonchev–Trinajstić information content (AvgIpc) is 2.57. The van der Waals surface area contributed by atoms with Gasteiger partial charge in [0, 0.05) is 12.8 Å². The molecule has 0 saturated heterocycles. The average molecular weight is 226 g/mol. The molecule has 6 heteroatoms. The molecule has 0 bridgehead atoms. The van der Waals surface area contributed by atoms with Crippen LogP contribution in [0.1, 0.15) is 29.4 Å². The van der Waals surface area contributed by atoms with E-state index >= 15 is 0 Å². The van der Waals surface area contributed by atoms with E-state index < -0.39 is 0 Å². The molecular weight excluding hydrogens is 208 g/mol. The SMILES string of the molecule is CCC(COC)NC(=O)c1c(N)n[nH]c1C. The molecule has 0 saturated carbocycles. The van der Waals surface area contributed by atoms with Crippen molar-refractivity contribution in [2.24, 2.45) is 0 Å². The number of carbonyl (C=O) groups excluding carboxylic acids is 1. The summed E-state index contributed by atoms with van der Waals surface area (Å²) in [6.45, 7) is 4.23. The molecule has 1 amide bonds.